The van der Waals surface area contributed by atoms with Crippen LogP contribution in [0.1, 0.15) is 0 Å². The van der Waals surface area contributed by atoms with Crippen molar-refractivity contribution in [3.8, 4) is 17.2 Å². The van der Waals surface area contributed by atoms with Gasteiger partial charge in [-0.05, 0) is 0 Å². The molecule has 0 heterocycles. The van der Waals surface area contributed by atoms with Crippen LogP contribution in [0.5, 0.6) is 17.2 Å². The van der Waals surface area contributed by atoms with E-state index < -0.39 is 0 Å². The van der Waals surface area contributed by atoms with Crippen LogP contribution in [0.4, 0.5) is 0 Å². The summed E-state index contributed by atoms with van der Waals surface area (Å²) in [6, 6.07) is 31.2. The average molecular weight is 369 g/mol. The summed E-state index contributed by atoms with van der Waals surface area (Å²) in [4.78, 5) is 0. The van der Waals surface area contributed by atoms with Crippen molar-refractivity contribution < 1.29 is 35.9 Å². The first-order chi connectivity index (χ1) is 11.8. The molecule has 0 saturated heterocycles. The van der Waals surface area contributed by atoms with Gasteiger partial charge in [0.05, 0.1) is 21.3 Å². The topological polar surface area (TPSA) is 27.7 Å². The fraction of sp³-hybridized carbons (Fsp3) is 0.143. The van der Waals surface area contributed by atoms with Gasteiger partial charge in [-0.3, -0.25) is 0 Å². The number of rotatable bonds is 3. The van der Waals surface area contributed by atoms with Gasteiger partial charge in [0.2, 0.25) is 0 Å². The molecule has 3 rings (SSSR count). The van der Waals surface area contributed by atoms with Crippen LogP contribution in [0.15, 0.2) is 72.8 Å². The van der Waals surface area contributed by atoms with Crippen molar-refractivity contribution in [2.24, 2.45) is 0 Å². The van der Waals surface area contributed by atoms with E-state index in [0.717, 1.165) is 17.2 Å². The molecule has 0 N–H and O–H groups in total. The second kappa shape index (κ2) is 15.3. The average Bonchev–Trinajstić information content (AvgIpc) is 2.71. The minimum absolute atomic E-state index is 0. The van der Waals surface area contributed by atoms with Gasteiger partial charge in [0.25, 0.3) is 0 Å². The Labute approximate surface area is 165 Å². The molecule has 1 radical (unpaired) electrons. The Morgan fingerprint density at radius 2 is 0.800 bits per heavy atom. The van der Waals surface area contributed by atoms with Crippen LogP contribution in [-0.4, -0.2) is 21.3 Å². The van der Waals surface area contributed by atoms with Gasteiger partial charge in [-0.15, -0.1) is 36.4 Å². The summed E-state index contributed by atoms with van der Waals surface area (Å²) in [6.45, 7) is 0. The maximum atomic E-state index is 4.86. The molecule has 0 saturated carbocycles. The summed E-state index contributed by atoms with van der Waals surface area (Å²) in [7, 11) is 4.89. The fourth-order valence-corrected chi connectivity index (χ4v) is 1.51. The first-order valence-corrected chi connectivity index (χ1v) is 7.32. The summed E-state index contributed by atoms with van der Waals surface area (Å²) < 4.78 is 14.6. The van der Waals surface area contributed by atoms with Crippen LogP contribution in [0, 0.1) is 18.2 Å². The van der Waals surface area contributed by atoms with E-state index in [9.17, 15) is 0 Å². The predicted molar refractivity (Wildman–Crippen MR) is 95.5 cm³/mol. The first kappa shape index (κ1) is 22.8. The molecule has 0 bridgehead atoms. The van der Waals surface area contributed by atoms with Gasteiger partial charge < -0.3 is 14.2 Å². The first-order valence-electron chi connectivity index (χ1n) is 7.32. The molecule has 3 aromatic carbocycles. The van der Waals surface area contributed by atoms with E-state index in [-0.39, 0.29) is 21.7 Å². The number of benzene rings is 3. The van der Waals surface area contributed by atoms with E-state index in [1.54, 1.807) is 21.3 Å². The molecule has 0 atom stereocenters. The maximum Gasteiger partial charge on any atom is 3.00 e. The molecule has 3 aromatic rings. The van der Waals surface area contributed by atoms with Crippen molar-refractivity contribution >= 4 is 0 Å². The van der Waals surface area contributed by atoms with Gasteiger partial charge in [0, 0.05) is 17.2 Å². The van der Waals surface area contributed by atoms with E-state index in [2.05, 4.69) is 18.2 Å². The summed E-state index contributed by atoms with van der Waals surface area (Å²) in [6.07, 6.45) is 0. The maximum absolute atomic E-state index is 4.86. The number of methoxy groups -OCH3 is 3. The Hall–Kier alpha value is -2.23. The zero-order valence-electron chi connectivity index (χ0n) is 14.7. The Morgan fingerprint density at radius 3 is 0.920 bits per heavy atom. The van der Waals surface area contributed by atoms with Crippen LogP contribution < -0.4 is 14.2 Å². The minimum Gasteiger partial charge on any atom is -0.523 e. The quantitative estimate of drug-likeness (QED) is 0.503. The molecule has 0 unspecified atom stereocenters. The summed E-state index contributed by atoms with van der Waals surface area (Å²) >= 11 is 0. The van der Waals surface area contributed by atoms with Gasteiger partial charge in [-0.2, -0.15) is 54.6 Å². The smallest absolute Gasteiger partial charge is 0.523 e. The predicted octanol–water partition coefficient (Wildman–Crippen LogP) is 4.48. The van der Waals surface area contributed by atoms with Crippen molar-refractivity contribution in [1.82, 2.24) is 0 Å². The van der Waals surface area contributed by atoms with Crippen molar-refractivity contribution in [1.29, 1.82) is 0 Å². The van der Waals surface area contributed by atoms with Crippen molar-refractivity contribution in [2.75, 3.05) is 21.3 Å². The van der Waals surface area contributed by atoms with E-state index in [4.69, 9.17) is 14.2 Å². The molecular formula is C21H21O3Ti. The van der Waals surface area contributed by atoms with Crippen LogP contribution in [0.3, 0.4) is 0 Å². The number of hydrogen-bond donors (Lipinski definition) is 0. The molecule has 0 aromatic heterocycles. The molecular weight excluding hydrogens is 348 g/mol. The van der Waals surface area contributed by atoms with Crippen LogP contribution in [0.2, 0.25) is 0 Å². The Balaban J connectivity index is 0.000000339. The number of ether oxygens (including phenoxy) is 3. The van der Waals surface area contributed by atoms with Crippen molar-refractivity contribution in [2.45, 2.75) is 0 Å². The van der Waals surface area contributed by atoms with Crippen LogP contribution in [-0.2, 0) is 21.7 Å². The molecule has 0 spiro atoms. The number of para-hydroxylation sites is 3. The SMILES string of the molecule is COc1[c-]cccc1.COc1[c-]cccc1.COc1[c-]cccc1.[Ti+3]. The van der Waals surface area contributed by atoms with Gasteiger partial charge in [0.15, 0.2) is 0 Å². The van der Waals surface area contributed by atoms with Crippen LogP contribution in [0.25, 0.3) is 0 Å². The zero-order valence-corrected chi connectivity index (χ0v) is 16.2. The summed E-state index contributed by atoms with van der Waals surface area (Å²) in [5.41, 5.74) is 0. The monoisotopic (exact) mass is 369 g/mol. The largest absolute Gasteiger partial charge is 3.00 e. The van der Waals surface area contributed by atoms with Crippen molar-refractivity contribution in [3.05, 3.63) is 91.0 Å². The summed E-state index contributed by atoms with van der Waals surface area (Å²) in [5.74, 6) is 2.35. The molecule has 127 valence electrons. The van der Waals surface area contributed by atoms with E-state index in [0.29, 0.717) is 0 Å². The van der Waals surface area contributed by atoms with E-state index >= 15 is 0 Å². The molecule has 0 aliphatic heterocycles. The van der Waals surface area contributed by atoms with Crippen LogP contribution >= 0.6 is 0 Å². The van der Waals surface area contributed by atoms with Gasteiger partial charge in [-0.1, -0.05) is 0 Å². The molecule has 25 heavy (non-hydrogen) atoms. The van der Waals surface area contributed by atoms with Gasteiger partial charge in [0.1, 0.15) is 0 Å². The van der Waals surface area contributed by atoms with Gasteiger partial charge >= 0.3 is 21.7 Å². The second-order valence-corrected chi connectivity index (χ2v) is 4.29. The standard InChI is InChI=1S/3C7H7O.Ti/c3*1-8-7-5-3-2-4-6-7;/h3*2-5H,1H3;/q3*-1;+3. The molecule has 0 fully saturated rings. The second-order valence-electron chi connectivity index (χ2n) is 4.29. The van der Waals surface area contributed by atoms with Crippen molar-refractivity contribution in [3.63, 3.8) is 0 Å². The molecule has 0 amide bonds. The van der Waals surface area contributed by atoms with E-state index in [1.807, 2.05) is 72.8 Å². The molecule has 0 aliphatic carbocycles. The Bertz CT molecular complexity index is 537. The number of hydrogen-bond acceptors (Lipinski definition) is 3. The Morgan fingerprint density at radius 1 is 0.520 bits per heavy atom. The zero-order chi connectivity index (χ0) is 17.5. The summed E-state index contributed by atoms with van der Waals surface area (Å²) in [5, 5.41) is 0. The van der Waals surface area contributed by atoms with Gasteiger partial charge in [-0.25, -0.2) is 0 Å². The molecule has 0 aliphatic rings. The third kappa shape index (κ3) is 11.0. The third-order valence-electron chi connectivity index (χ3n) is 2.70. The fourth-order valence-electron chi connectivity index (χ4n) is 1.51. The third-order valence-corrected chi connectivity index (χ3v) is 2.70. The normalized spacial score (nSPS) is 8.28. The minimum atomic E-state index is 0. The molecule has 4 heteroatoms. The van der Waals surface area contributed by atoms with E-state index in [1.165, 1.54) is 0 Å². The molecule has 3 nitrogen and oxygen atoms in total. The Kier molecular flexibility index (Phi) is 13.9.